The van der Waals surface area contributed by atoms with Crippen molar-refractivity contribution >= 4 is 35.1 Å². The van der Waals surface area contributed by atoms with Crippen LogP contribution in [0.5, 0.6) is 0 Å². The summed E-state index contributed by atoms with van der Waals surface area (Å²) in [5.74, 6) is 1.03. The van der Waals surface area contributed by atoms with Crippen LogP contribution in [0.3, 0.4) is 0 Å². The highest BCUT2D eigenvalue weighted by molar-refractivity contribution is 7.11. The average molecular weight is 673 g/mol. The number of hydrogen-bond donors (Lipinski definition) is 1. The molecule has 2 rings (SSSR count). The molecule has 5 heteroatoms. The van der Waals surface area contributed by atoms with E-state index < -0.39 is 0 Å². The minimum atomic E-state index is 0.0797. The standard InChI is InChI=1S/C21H24N2OS.C8H18.C4H10.C3H8.C2H4O.2C2H6/c1-6-8-10-18-15(4)22-12-19(18)20-13-25-21(23-20)14(3)11-17(9-7-2)16(5)24;1-4-6-7-8(3)5-2;1-3-4-2;1-3-2;1-2-3;2*1-2/h6,8-13,22H,1,7H2,2-5H3;8H,4-7H2,1-3H3;3-4H2,1-2H3;3H2,1-2H3;2H,1H3;2*1-2H3/b10-8-,14-11+,17-9+;;;;;;. The zero-order valence-corrected chi connectivity index (χ0v) is 34.5. The van der Waals surface area contributed by atoms with E-state index in [1.807, 2.05) is 79.0 Å². The van der Waals surface area contributed by atoms with E-state index in [1.165, 1.54) is 51.9 Å². The second-order valence-corrected chi connectivity index (χ2v) is 11.3. The van der Waals surface area contributed by atoms with Crippen LogP contribution in [-0.4, -0.2) is 22.0 Å². The SMILES string of the molecule is C=C/C=C\c1c(-c2csc(/C(C)=C/C(=C\CC)C(C)=O)n2)c[nH]c1C.CC.CC.CC=O.CCC.CCCC.CCCCC(C)CC. The molecule has 1 unspecified atom stereocenters. The Kier molecular flexibility index (Phi) is 47.1. The fourth-order valence-corrected chi connectivity index (χ4v) is 4.08. The van der Waals surface area contributed by atoms with Crippen LogP contribution in [0.25, 0.3) is 22.9 Å². The highest BCUT2D eigenvalue weighted by Crippen LogP contribution is 2.31. The third kappa shape index (κ3) is 30.3. The first kappa shape index (κ1) is 53.7. The third-order valence-corrected chi connectivity index (χ3v) is 7.07. The van der Waals surface area contributed by atoms with E-state index in [9.17, 15) is 4.79 Å². The molecule has 0 fully saturated rings. The molecule has 0 radical (unpaired) electrons. The number of allylic oxidation sites excluding steroid dienone is 6. The summed E-state index contributed by atoms with van der Waals surface area (Å²) in [5, 5.41) is 2.98. The van der Waals surface area contributed by atoms with E-state index in [1.54, 1.807) is 24.3 Å². The number of thiazole rings is 1. The first-order valence-electron chi connectivity index (χ1n) is 18.3. The van der Waals surface area contributed by atoms with Gasteiger partial charge in [0.2, 0.25) is 0 Å². The molecule has 1 atom stereocenters. The summed E-state index contributed by atoms with van der Waals surface area (Å²) in [6, 6.07) is 0. The van der Waals surface area contributed by atoms with E-state index >= 15 is 0 Å². The number of aryl methyl sites for hydroxylation is 1. The minimum Gasteiger partial charge on any atom is -0.364 e. The first-order valence-corrected chi connectivity index (χ1v) is 19.1. The number of aldehydes is 1. The number of nitrogens with zero attached hydrogens (tertiary/aromatic N) is 1. The van der Waals surface area contributed by atoms with Gasteiger partial charge in [0.15, 0.2) is 5.78 Å². The Bertz CT molecular complexity index is 1070. The fraction of sp³-hybridized carbons (Fsp3) is 0.595. The van der Waals surface area contributed by atoms with Crippen molar-refractivity contribution in [2.24, 2.45) is 5.92 Å². The van der Waals surface area contributed by atoms with Gasteiger partial charge in [-0.25, -0.2) is 4.98 Å². The fourth-order valence-electron chi connectivity index (χ4n) is 3.28. The van der Waals surface area contributed by atoms with Gasteiger partial charge in [-0.3, -0.25) is 4.79 Å². The van der Waals surface area contributed by atoms with E-state index in [0.717, 1.165) is 57.3 Å². The summed E-state index contributed by atoms with van der Waals surface area (Å²) < 4.78 is 0. The van der Waals surface area contributed by atoms with Gasteiger partial charge < -0.3 is 9.78 Å². The predicted octanol–water partition coefficient (Wildman–Crippen LogP) is 14.7. The van der Waals surface area contributed by atoms with E-state index in [4.69, 9.17) is 9.78 Å². The molecule has 0 aromatic carbocycles. The number of carbonyl (C=O) groups excluding carboxylic acids is 2. The van der Waals surface area contributed by atoms with Gasteiger partial charge in [0.1, 0.15) is 11.3 Å². The Morgan fingerprint density at radius 1 is 1.00 bits per heavy atom. The molecule has 2 aromatic heterocycles. The maximum absolute atomic E-state index is 11.7. The molecule has 0 spiro atoms. The van der Waals surface area contributed by atoms with E-state index in [-0.39, 0.29) is 5.78 Å². The molecule has 0 aliphatic heterocycles. The quantitative estimate of drug-likeness (QED) is 0.139. The lowest BCUT2D eigenvalue weighted by molar-refractivity contribution is -0.113. The topological polar surface area (TPSA) is 62.8 Å². The van der Waals surface area contributed by atoms with Gasteiger partial charge in [-0.2, -0.15) is 0 Å². The second-order valence-electron chi connectivity index (χ2n) is 10.4. The van der Waals surface area contributed by atoms with Crippen molar-refractivity contribution < 1.29 is 9.59 Å². The maximum atomic E-state index is 11.7. The van der Waals surface area contributed by atoms with Gasteiger partial charge in [-0.15, -0.1) is 11.3 Å². The Hall–Kier alpha value is -2.79. The summed E-state index contributed by atoms with van der Waals surface area (Å²) in [6.45, 7) is 36.3. The molecule has 0 amide bonds. The molecular formula is C42H76N2O2S. The lowest BCUT2D eigenvalue weighted by Crippen LogP contribution is -1.94. The van der Waals surface area contributed by atoms with Gasteiger partial charge >= 0.3 is 0 Å². The van der Waals surface area contributed by atoms with Crippen LogP contribution >= 0.6 is 11.3 Å². The smallest absolute Gasteiger partial charge is 0.159 e. The van der Waals surface area contributed by atoms with Crippen molar-refractivity contribution in [1.82, 2.24) is 9.97 Å². The number of rotatable bonds is 12. The van der Waals surface area contributed by atoms with Crippen LogP contribution in [0.4, 0.5) is 0 Å². The number of ketones is 1. The van der Waals surface area contributed by atoms with Crippen molar-refractivity contribution in [2.45, 2.75) is 162 Å². The largest absolute Gasteiger partial charge is 0.364 e. The van der Waals surface area contributed by atoms with Gasteiger partial charge in [-0.1, -0.05) is 159 Å². The van der Waals surface area contributed by atoms with E-state index in [2.05, 4.69) is 65.4 Å². The Morgan fingerprint density at radius 2 is 1.53 bits per heavy atom. The lowest BCUT2D eigenvalue weighted by Gasteiger charge is -2.04. The molecule has 2 heterocycles. The predicted molar refractivity (Wildman–Crippen MR) is 219 cm³/mol. The Labute approximate surface area is 297 Å². The Balaban J connectivity index is -0.000000219. The molecule has 0 saturated heterocycles. The van der Waals surface area contributed by atoms with Crippen molar-refractivity contribution in [3.05, 3.63) is 64.3 Å². The van der Waals surface area contributed by atoms with Gasteiger partial charge in [0, 0.05) is 34.0 Å². The molecule has 47 heavy (non-hydrogen) atoms. The first-order chi connectivity index (χ1) is 22.5. The average Bonchev–Trinajstić information content (AvgIpc) is 3.72. The highest BCUT2D eigenvalue weighted by Gasteiger charge is 2.12. The highest BCUT2D eigenvalue weighted by atomic mass is 32.1. The van der Waals surface area contributed by atoms with Crippen molar-refractivity contribution in [3.63, 3.8) is 0 Å². The van der Waals surface area contributed by atoms with Crippen LogP contribution in [0, 0.1) is 12.8 Å². The number of aromatic nitrogens is 2. The van der Waals surface area contributed by atoms with Crippen LogP contribution in [0.1, 0.15) is 171 Å². The summed E-state index contributed by atoms with van der Waals surface area (Å²) in [4.78, 5) is 28.6. The number of nitrogens with one attached hydrogen (secondary N) is 1. The number of carbonyl (C=O) groups is 2. The minimum absolute atomic E-state index is 0.0797. The summed E-state index contributed by atoms with van der Waals surface area (Å²) in [7, 11) is 0. The zero-order chi connectivity index (χ0) is 37.6. The number of Topliss-reactive ketones (excluding diaryl/α,β-unsaturated/α-hetero) is 1. The summed E-state index contributed by atoms with van der Waals surface area (Å²) >= 11 is 1.59. The van der Waals surface area contributed by atoms with Crippen LogP contribution < -0.4 is 0 Å². The maximum Gasteiger partial charge on any atom is 0.159 e. The molecule has 0 aliphatic rings. The number of unbranched alkanes of at least 4 members (excludes halogenated alkanes) is 2. The van der Waals surface area contributed by atoms with Crippen LogP contribution in [0.2, 0.25) is 0 Å². The van der Waals surface area contributed by atoms with Crippen LogP contribution in [-0.2, 0) is 9.59 Å². The number of hydrogen-bond acceptors (Lipinski definition) is 4. The molecule has 4 nitrogen and oxygen atoms in total. The monoisotopic (exact) mass is 673 g/mol. The molecule has 0 saturated carbocycles. The van der Waals surface area contributed by atoms with E-state index in [0.29, 0.717) is 0 Å². The molecule has 0 aliphatic carbocycles. The summed E-state index contributed by atoms with van der Waals surface area (Å²) in [5.41, 5.74) is 5.96. The molecular weight excluding hydrogens is 597 g/mol. The summed E-state index contributed by atoms with van der Waals surface area (Å²) in [6.07, 6.45) is 22.6. The molecule has 2 aromatic rings. The van der Waals surface area contributed by atoms with Gasteiger partial charge in [0.05, 0.1) is 5.69 Å². The van der Waals surface area contributed by atoms with Crippen molar-refractivity contribution in [3.8, 4) is 11.3 Å². The van der Waals surface area contributed by atoms with Gasteiger partial charge in [-0.05, 0) is 51.7 Å². The van der Waals surface area contributed by atoms with Crippen molar-refractivity contribution in [2.75, 3.05) is 0 Å². The lowest BCUT2D eigenvalue weighted by atomic mass is 10.0. The van der Waals surface area contributed by atoms with Crippen molar-refractivity contribution in [1.29, 1.82) is 0 Å². The van der Waals surface area contributed by atoms with Crippen LogP contribution in [0.15, 0.2) is 48.0 Å². The Morgan fingerprint density at radius 3 is 1.94 bits per heavy atom. The molecule has 1 N–H and O–H groups in total. The number of H-pyrrole nitrogens is 1. The molecule has 272 valence electrons. The third-order valence-electron chi connectivity index (χ3n) is 6.09. The normalized spacial score (nSPS) is 10.7. The second kappa shape index (κ2) is 41.2. The van der Waals surface area contributed by atoms with Gasteiger partial charge in [0.25, 0.3) is 0 Å². The zero-order valence-electron chi connectivity index (χ0n) is 33.7. The number of aromatic amines is 1. The molecule has 0 bridgehead atoms.